The third-order valence-corrected chi connectivity index (χ3v) is 2.99. The first-order chi connectivity index (χ1) is 7.84. The zero-order valence-corrected chi connectivity index (χ0v) is 10.1. The fourth-order valence-electron chi connectivity index (χ4n) is 1.83. The minimum atomic E-state index is 0.848. The number of hydrogen-bond donors (Lipinski definition) is 1. The molecule has 1 aliphatic heterocycles. The van der Waals surface area contributed by atoms with Crippen molar-refractivity contribution >= 4 is 21.9 Å². The first-order valence-corrected chi connectivity index (χ1v) is 5.92. The van der Waals surface area contributed by atoms with E-state index in [0.717, 1.165) is 41.3 Å². The maximum atomic E-state index is 4.20. The van der Waals surface area contributed by atoms with Crippen molar-refractivity contribution in [3.8, 4) is 11.4 Å². The van der Waals surface area contributed by atoms with Gasteiger partial charge in [0.05, 0.1) is 0 Å². The maximum absolute atomic E-state index is 4.20. The molecule has 0 aromatic carbocycles. The molecule has 0 unspecified atom stereocenters. The molecule has 1 N–H and O–H groups in total. The Morgan fingerprint density at radius 1 is 1.31 bits per heavy atom. The molecule has 16 heavy (non-hydrogen) atoms. The van der Waals surface area contributed by atoms with Crippen LogP contribution in [-0.2, 0) is 6.54 Å². The Kier molecular flexibility index (Phi) is 2.36. The summed E-state index contributed by atoms with van der Waals surface area (Å²) in [5, 5.41) is 11.5. The van der Waals surface area contributed by atoms with Gasteiger partial charge in [-0.05, 0) is 28.4 Å². The summed E-state index contributed by atoms with van der Waals surface area (Å²) in [4.78, 5) is 4.14. The average Bonchev–Trinajstić information content (AvgIpc) is 2.72. The van der Waals surface area contributed by atoms with Crippen LogP contribution in [0.15, 0.2) is 22.9 Å². The van der Waals surface area contributed by atoms with E-state index in [1.54, 1.807) is 12.4 Å². The average molecular weight is 280 g/mol. The molecule has 82 valence electrons. The maximum Gasteiger partial charge on any atom is 0.224 e. The highest BCUT2D eigenvalue weighted by Crippen LogP contribution is 2.24. The third kappa shape index (κ3) is 1.59. The second-order valence-electron chi connectivity index (χ2n) is 3.67. The Morgan fingerprint density at radius 2 is 2.25 bits per heavy atom. The number of nitrogens with zero attached hydrogens (tertiary/aromatic N) is 4. The molecule has 0 saturated heterocycles. The molecule has 0 aliphatic carbocycles. The quantitative estimate of drug-likeness (QED) is 0.867. The lowest BCUT2D eigenvalue weighted by Gasteiger charge is -2.16. The minimum absolute atomic E-state index is 0.848. The van der Waals surface area contributed by atoms with Crippen LogP contribution in [0.3, 0.4) is 0 Å². The van der Waals surface area contributed by atoms with E-state index in [1.807, 2.05) is 6.07 Å². The first-order valence-electron chi connectivity index (χ1n) is 5.12. The van der Waals surface area contributed by atoms with Gasteiger partial charge in [-0.1, -0.05) is 0 Å². The molecule has 3 heterocycles. The van der Waals surface area contributed by atoms with E-state index in [0.29, 0.717) is 0 Å². The van der Waals surface area contributed by atoms with Gasteiger partial charge in [0.1, 0.15) is 0 Å². The Morgan fingerprint density at radius 3 is 3.12 bits per heavy atom. The summed E-state index contributed by atoms with van der Waals surface area (Å²) in [5.74, 6) is 1.72. The molecule has 0 radical (unpaired) electrons. The monoisotopic (exact) mass is 279 g/mol. The minimum Gasteiger partial charge on any atom is -0.354 e. The normalized spacial score (nSPS) is 14.3. The van der Waals surface area contributed by atoms with E-state index in [4.69, 9.17) is 0 Å². The third-order valence-electron chi connectivity index (χ3n) is 2.56. The van der Waals surface area contributed by atoms with Crippen molar-refractivity contribution in [3.63, 3.8) is 0 Å². The molecule has 0 saturated carbocycles. The molecule has 0 fully saturated rings. The Labute approximate surface area is 101 Å². The number of nitrogens with one attached hydrogen (secondary N) is 1. The van der Waals surface area contributed by atoms with Gasteiger partial charge in [0.15, 0.2) is 5.82 Å². The molecule has 6 heteroatoms. The van der Waals surface area contributed by atoms with E-state index >= 15 is 0 Å². The summed E-state index contributed by atoms with van der Waals surface area (Å²) in [6.45, 7) is 1.92. The summed E-state index contributed by atoms with van der Waals surface area (Å²) in [6.07, 6.45) is 4.66. The molecule has 0 spiro atoms. The van der Waals surface area contributed by atoms with Crippen LogP contribution in [0.25, 0.3) is 11.4 Å². The van der Waals surface area contributed by atoms with Crippen LogP contribution in [0.2, 0.25) is 0 Å². The summed E-state index contributed by atoms with van der Waals surface area (Å²) in [5.41, 5.74) is 0.983. The highest BCUT2D eigenvalue weighted by Gasteiger charge is 2.16. The second-order valence-corrected chi connectivity index (χ2v) is 4.59. The van der Waals surface area contributed by atoms with Crippen molar-refractivity contribution in [1.29, 1.82) is 0 Å². The van der Waals surface area contributed by atoms with Gasteiger partial charge in [-0.15, -0.1) is 10.2 Å². The van der Waals surface area contributed by atoms with Crippen LogP contribution < -0.4 is 5.32 Å². The smallest absolute Gasteiger partial charge is 0.224 e. The zero-order chi connectivity index (χ0) is 11.0. The number of halogens is 1. The Bertz CT molecular complexity index is 522. The number of anilines is 1. The number of aromatic nitrogens is 4. The lowest BCUT2D eigenvalue weighted by molar-refractivity contribution is 0.631. The highest BCUT2D eigenvalue weighted by molar-refractivity contribution is 9.10. The molecule has 0 bridgehead atoms. The van der Waals surface area contributed by atoms with Gasteiger partial charge in [0, 0.05) is 35.5 Å². The van der Waals surface area contributed by atoms with Crippen molar-refractivity contribution in [2.45, 2.75) is 13.0 Å². The van der Waals surface area contributed by atoms with Crippen LogP contribution in [-0.4, -0.2) is 26.3 Å². The van der Waals surface area contributed by atoms with Crippen molar-refractivity contribution in [2.75, 3.05) is 11.9 Å². The van der Waals surface area contributed by atoms with E-state index in [9.17, 15) is 0 Å². The lowest BCUT2D eigenvalue weighted by atomic mass is 10.2. The molecule has 1 aliphatic rings. The predicted molar refractivity (Wildman–Crippen MR) is 64.1 cm³/mol. The van der Waals surface area contributed by atoms with Gasteiger partial charge in [-0.2, -0.15) is 0 Å². The highest BCUT2D eigenvalue weighted by atomic mass is 79.9. The predicted octanol–water partition coefficient (Wildman–Crippen LogP) is 1.92. The van der Waals surface area contributed by atoms with Gasteiger partial charge in [-0.3, -0.25) is 9.55 Å². The lowest BCUT2D eigenvalue weighted by Crippen LogP contribution is -2.17. The standard InChI is InChI=1S/C10H10BrN5/c11-8-4-7(5-12-6-8)9-14-15-10-13-2-1-3-16(9)10/h4-6H,1-3H2,(H,13,15). The number of hydrogen-bond acceptors (Lipinski definition) is 4. The van der Waals surface area contributed by atoms with Gasteiger partial charge in [0.2, 0.25) is 5.95 Å². The summed E-state index contributed by atoms with van der Waals surface area (Å²) in [7, 11) is 0. The zero-order valence-electron chi connectivity index (χ0n) is 8.52. The molecule has 5 nitrogen and oxygen atoms in total. The summed E-state index contributed by atoms with van der Waals surface area (Å²) < 4.78 is 3.04. The topological polar surface area (TPSA) is 55.6 Å². The van der Waals surface area contributed by atoms with Gasteiger partial charge >= 0.3 is 0 Å². The van der Waals surface area contributed by atoms with Gasteiger partial charge in [-0.25, -0.2) is 0 Å². The summed E-state index contributed by atoms with van der Waals surface area (Å²) in [6, 6.07) is 2.00. The van der Waals surface area contributed by atoms with E-state index < -0.39 is 0 Å². The van der Waals surface area contributed by atoms with Crippen LogP contribution in [0, 0.1) is 0 Å². The van der Waals surface area contributed by atoms with Crippen molar-refractivity contribution < 1.29 is 0 Å². The molecule has 0 amide bonds. The number of fused-ring (bicyclic) bond motifs is 1. The SMILES string of the molecule is Brc1cncc(-c2nnc3n2CCCN3)c1. The largest absolute Gasteiger partial charge is 0.354 e. The number of rotatable bonds is 1. The van der Waals surface area contributed by atoms with Crippen LogP contribution in [0.4, 0.5) is 5.95 Å². The Balaban J connectivity index is 2.09. The second kappa shape index (κ2) is 3.86. The Hall–Kier alpha value is -1.43. The van der Waals surface area contributed by atoms with Crippen molar-refractivity contribution in [2.24, 2.45) is 0 Å². The van der Waals surface area contributed by atoms with E-state index in [2.05, 4.69) is 41.0 Å². The molecule has 2 aromatic rings. The van der Waals surface area contributed by atoms with E-state index in [-0.39, 0.29) is 0 Å². The van der Waals surface area contributed by atoms with E-state index in [1.165, 1.54) is 0 Å². The first kappa shape index (κ1) is 9.77. The molecule has 2 aromatic heterocycles. The fourth-order valence-corrected chi connectivity index (χ4v) is 2.20. The fraction of sp³-hybridized carbons (Fsp3) is 0.300. The molecule has 0 atom stereocenters. The van der Waals surface area contributed by atoms with Crippen molar-refractivity contribution in [1.82, 2.24) is 19.7 Å². The molecular weight excluding hydrogens is 270 g/mol. The number of pyridine rings is 1. The van der Waals surface area contributed by atoms with Crippen LogP contribution in [0.1, 0.15) is 6.42 Å². The molecule has 3 rings (SSSR count). The van der Waals surface area contributed by atoms with Crippen LogP contribution >= 0.6 is 15.9 Å². The van der Waals surface area contributed by atoms with Crippen molar-refractivity contribution in [3.05, 3.63) is 22.9 Å². The van der Waals surface area contributed by atoms with Gasteiger partial charge in [0.25, 0.3) is 0 Å². The summed E-state index contributed by atoms with van der Waals surface area (Å²) >= 11 is 3.41. The van der Waals surface area contributed by atoms with Gasteiger partial charge < -0.3 is 5.32 Å². The molecular formula is C10H10BrN5. The van der Waals surface area contributed by atoms with Crippen LogP contribution in [0.5, 0.6) is 0 Å².